The highest BCUT2D eigenvalue weighted by Crippen LogP contribution is 2.55. The molecule has 0 aromatic heterocycles. The van der Waals surface area contributed by atoms with Gasteiger partial charge in [-0.15, -0.1) is 0 Å². The first kappa shape index (κ1) is 25.4. The number of likely N-dealkylation sites (tertiary alicyclic amines) is 1. The monoisotopic (exact) mass is 506 g/mol. The van der Waals surface area contributed by atoms with Crippen LogP contribution in [0.5, 0.6) is 5.75 Å². The van der Waals surface area contributed by atoms with Gasteiger partial charge in [-0.25, -0.2) is 17.6 Å². The van der Waals surface area contributed by atoms with Gasteiger partial charge in [0.2, 0.25) is 0 Å². The lowest BCUT2D eigenvalue weighted by atomic mass is 10.0. The minimum Gasteiger partial charge on any atom is -0.492 e. The predicted octanol–water partition coefficient (Wildman–Crippen LogP) is 3.50. The first-order valence-electron chi connectivity index (χ1n) is 11.8. The van der Waals surface area contributed by atoms with E-state index >= 15 is 0 Å². The second kappa shape index (κ2) is 10.5. The molecule has 1 unspecified atom stereocenters. The van der Waals surface area contributed by atoms with Gasteiger partial charge in [-0.05, 0) is 74.6 Å². The van der Waals surface area contributed by atoms with Crippen LogP contribution in [0.4, 0.5) is 10.1 Å². The Labute approximate surface area is 205 Å². The average Bonchev–Trinajstić information content (AvgIpc) is 3.46. The number of hydrogen-bond acceptors (Lipinski definition) is 7. The van der Waals surface area contributed by atoms with Crippen molar-refractivity contribution in [2.24, 2.45) is 5.92 Å². The number of halogens is 1. The third-order valence-electron chi connectivity index (χ3n) is 6.71. The molecule has 2 atom stereocenters. The number of aliphatic hydroxyl groups is 1. The fourth-order valence-electron chi connectivity index (χ4n) is 4.67. The maximum atomic E-state index is 13.4. The van der Waals surface area contributed by atoms with Crippen LogP contribution in [0.1, 0.15) is 53.6 Å². The van der Waals surface area contributed by atoms with Gasteiger partial charge < -0.3 is 19.5 Å². The summed E-state index contributed by atoms with van der Waals surface area (Å²) in [5.74, 6) is -0.343. The summed E-state index contributed by atoms with van der Waals surface area (Å²) >= 11 is 0. The van der Waals surface area contributed by atoms with E-state index in [1.54, 1.807) is 6.07 Å². The fraction of sp³-hybridized carbons (Fsp3) is 0.480. The van der Waals surface area contributed by atoms with Crippen molar-refractivity contribution >= 4 is 21.7 Å². The number of ether oxygens (including phenoxy) is 2. The zero-order valence-corrected chi connectivity index (χ0v) is 20.7. The quantitative estimate of drug-likeness (QED) is 0.578. The van der Waals surface area contributed by atoms with Gasteiger partial charge in [0.05, 0.1) is 30.9 Å². The van der Waals surface area contributed by atoms with Crippen molar-refractivity contribution in [1.82, 2.24) is 4.90 Å². The van der Waals surface area contributed by atoms with Crippen LogP contribution in [0.25, 0.3) is 0 Å². The summed E-state index contributed by atoms with van der Waals surface area (Å²) in [5, 5.41) is 9.39. The zero-order valence-electron chi connectivity index (χ0n) is 19.9. The lowest BCUT2D eigenvalue weighted by Gasteiger charge is -2.22. The Morgan fingerprint density at radius 3 is 2.63 bits per heavy atom. The minimum atomic E-state index is -4.21. The highest BCUT2D eigenvalue weighted by Gasteiger charge is 2.45. The molecule has 5 rings (SSSR count). The Hall–Kier alpha value is -2.69. The molecule has 2 aliphatic heterocycles. The number of carbonyl (C=O) groups excluding carboxylic acids is 1. The van der Waals surface area contributed by atoms with E-state index in [1.165, 1.54) is 45.7 Å². The topological polar surface area (TPSA) is 105 Å². The highest BCUT2D eigenvalue weighted by atomic mass is 32.2. The van der Waals surface area contributed by atoms with Crippen LogP contribution in [0.15, 0.2) is 35.2 Å². The van der Waals surface area contributed by atoms with E-state index in [9.17, 15) is 22.7 Å². The molecule has 1 saturated heterocycles. The lowest BCUT2D eigenvalue weighted by Crippen LogP contribution is -2.20. The summed E-state index contributed by atoms with van der Waals surface area (Å²) in [6.07, 6.45) is 3.82. The number of benzene rings is 2. The molecule has 0 bridgehead atoms. The second-order valence-electron chi connectivity index (χ2n) is 8.97. The number of carbonyl (C=O) groups is 1. The number of anilines is 1. The molecule has 2 heterocycles. The molecule has 1 saturated carbocycles. The van der Waals surface area contributed by atoms with Gasteiger partial charge in [0.1, 0.15) is 17.1 Å². The molecule has 8 nitrogen and oxygen atoms in total. The molecule has 0 spiro atoms. The summed E-state index contributed by atoms with van der Waals surface area (Å²) in [4.78, 5) is 14.6. The molecule has 3 aliphatic rings. The van der Waals surface area contributed by atoms with Gasteiger partial charge in [-0.3, -0.25) is 4.72 Å². The van der Waals surface area contributed by atoms with Crippen molar-refractivity contribution < 1.29 is 32.2 Å². The standard InChI is InChI=1S/C19H18FNO6S.C6H13N/c1-26-19(23)17-15(4-3-13-14-7-11(14)9-27-18(13)17)21-28(24,25)16-5-2-12(20)6-10(16)8-22;1-2-7-5-3-4-6-7/h2-6,11,14,21-22H,7-9H2,1H3;2-6H2,1H3/t11-,14?;/m0./s1. The van der Waals surface area contributed by atoms with Crippen molar-refractivity contribution in [3.8, 4) is 5.75 Å². The zero-order chi connectivity index (χ0) is 25.2. The van der Waals surface area contributed by atoms with Crippen LogP contribution in [0.2, 0.25) is 0 Å². The van der Waals surface area contributed by atoms with Crippen molar-refractivity contribution in [3.05, 3.63) is 52.8 Å². The van der Waals surface area contributed by atoms with Crippen molar-refractivity contribution in [2.75, 3.05) is 38.1 Å². The third kappa shape index (κ3) is 5.44. The molecule has 2 fully saturated rings. The van der Waals surface area contributed by atoms with Crippen LogP contribution in [0.3, 0.4) is 0 Å². The first-order valence-corrected chi connectivity index (χ1v) is 13.3. The van der Waals surface area contributed by atoms with Crippen molar-refractivity contribution in [1.29, 1.82) is 0 Å². The summed E-state index contributed by atoms with van der Waals surface area (Å²) in [7, 11) is -3.01. The number of esters is 1. The highest BCUT2D eigenvalue weighted by molar-refractivity contribution is 7.92. The fourth-order valence-corrected chi connectivity index (χ4v) is 5.96. The number of nitrogens with zero attached hydrogens (tertiary/aromatic N) is 1. The molecule has 0 radical (unpaired) electrons. The van der Waals surface area contributed by atoms with Gasteiger partial charge in [0, 0.05) is 11.5 Å². The Bertz CT molecular complexity index is 1200. The van der Waals surface area contributed by atoms with Gasteiger partial charge in [0.15, 0.2) is 0 Å². The largest absolute Gasteiger partial charge is 0.492 e. The van der Waals surface area contributed by atoms with Gasteiger partial charge in [-0.1, -0.05) is 13.0 Å². The number of fused-ring (bicyclic) bond motifs is 3. The van der Waals surface area contributed by atoms with Crippen molar-refractivity contribution in [3.63, 3.8) is 0 Å². The van der Waals surface area contributed by atoms with Crippen LogP contribution in [-0.2, 0) is 21.4 Å². The molecular weight excluding hydrogens is 475 g/mol. The Balaban J connectivity index is 0.000000356. The summed E-state index contributed by atoms with van der Waals surface area (Å²) in [6.45, 7) is 5.97. The maximum Gasteiger partial charge on any atom is 0.343 e. The second-order valence-corrected chi connectivity index (χ2v) is 10.6. The average molecular weight is 507 g/mol. The summed E-state index contributed by atoms with van der Waals surface area (Å²) in [5.41, 5.74) is 0.763. The van der Waals surface area contributed by atoms with E-state index in [0.29, 0.717) is 24.2 Å². The number of nitrogens with one attached hydrogen (secondary N) is 1. The van der Waals surface area contributed by atoms with E-state index in [2.05, 4.69) is 16.5 Å². The number of rotatable bonds is 6. The molecule has 0 amide bonds. The molecule has 190 valence electrons. The first-order chi connectivity index (χ1) is 16.8. The SMILES string of the molecule is CCN1CCCC1.COC(=O)c1c(NS(=O)(=O)c2ccc(F)cc2CO)ccc2c1OC[C@@H]1CC21. The van der Waals surface area contributed by atoms with Crippen LogP contribution in [0, 0.1) is 11.7 Å². The Morgan fingerprint density at radius 2 is 2.00 bits per heavy atom. The molecule has 10 heteroatoms. The predicted molar refractivity (Wildman–Crippen MR) is 129 cm³/mol. The Morgan fingerprint density at radius 1 is 1.26 bits per heavy atom. The Kier molecular flexibility index (Phi) is 7.63. The maximum absolute atomic E-state index is 13.4. The van der Waals surface area contributed by atoms with Crippen LogP contribution >= 0.6 is 0 Å². The smallest absolute Gasteiger partial charge is 0.343 e. The van der Waals surface area contributed by atoms with Gasteiger partial charge in [0.25, 0.3) is 10.0 Å². The lowest BCUT2D eigenvalue weighted by molar-refractivity contribution is 0.0596. The number of aliphatic hydroxyl groups excluding tert-OH is 1. The van der Waals surface area contributed by atoms with E-state index in [4.69, 9.17) is 9.47 Å². The van der Waals surface area contributed by atoms with Gasteiger partial charge in [-0.2, -0.15) is 0 Å². The number of methoxy groups -OCH3 is 1. The van der Waals surface area contributed by atoms with Crippen LogP contribution in [-0.4, -0.2) is 57.7 Å². The van der Waals surface area contributed by atoms with E-state index < -0.39 is 28.4 Å². The van der Waals surface area contributed by atoms with E-state index in [1.807, 2.05) is 0 Å². The number of sulfonamides is 1. The number of hydrogen-bond donors (Lipinski definition) is 2. The van der Waals surface area contributed by atoms with E-state index in [-0.39, 0.29) is 21.7 Å². The van der Waals surface area contributed by atoms with Gasteiger partial charge >= 0.3 is 5.97 Å². The molecule has 35 heavy (non-hydrogen) atoms. The molecule has 2 aromatic carbocycles. The minimum absolute atomic E-state index is 0.00147. The van der Waals surface area contributed by atoms with Crippen molar-refractivity contribution in [2.45, 2.75) is 43.6 Å². The molecule has 2 N–H and O–H groups in total. The summed E-state index contributed by atoms with van der Waals surface area (Å²) < 4.78 is 52.0. The molecule has 2 aromatic rings. The third-order valence-corrected chi connectivity index (χ3v) is 8.18. The van der Waals surface area contributed by atoms with Crippen LogP contribution < -0.4 is 9.46 Å². The normalized spacial score (nSPS) is 20.6. The molecule has 1 aliphatic carbocycles. The molecular formula is C25H31FN2O6S. The summed E-state index contributed by atoms with van der Waals surface area (Å²) in [6, 6.07) is 6.22. The van der Waals surface area contributed by atoms with E-state index in [0.717, 1.165) is 30.2 Å².